The molecular formula is C27H48AlO5. The van der Waals surface area contributed by atoms with E-state index in [1.54, 1.807) is 0 Å². The van der Waals surface area contributed by atoms with Gasteiger partial charge in [-0.3, -0.25) is 0 Å². The molecule has 0 atom stereocenters. The van der Waals surface area contributed by atoms with Gasteiger partial charge in [-0.25, -0.2) is 0 Å². The Hall–Kier alpha value is -0.768. The fourth-order valence-corrected chi connectivity index (χ4v) is 5.05. The van der Waals surface area contributed by atoms with Gasteiger partial charge in [-0.2, -0.15) is 0 Å². The van der Waals surface area contributed by atoms with Crippen LogP contribution in [0.1, 0.15) is 83.8 Å². The van der Waals surface area contributed by atoms with Crippen LogP contribution in [0.15, 0.2) is 12.1 Å². The van der Waals surface area contributed by atoms with Gasteiger partial charge in [0.05, 0.1) is 33.0 Å². The molecule has 0 bridgehead atoms. The van der Waals surface area contributed by atoms with Crippen molar-refractivity contribution in [1.29, 1.82) is 0 Å². The Bertz CT molecular complexity index is 576. The van der Waals surface area contributed by atoms with Gasteiger partial charge in [0.25, 0.3) is 0 Å². The standard InChI is InChI=1S/C19H30O5.2C4H9.Al/c1-3-5-7-20-8-9-21-10-11-22-14-17-13-19-18(23-15-24-19)12-16(17)6-4-2;2*1-3-4-2;/h12-13H,3-11,14-15H2,1-2H3;2*1,3-4H2,2H3;. The number of hydrogen-bond acceptors (Lipinski definition) is 5. The Morgan fingerprint density at radius 1 is 0.667 bits per heavy atom. The summed E-state index contributed by atoms with van der Waals surface area (Å²) in [4.78, 5) is 0. The maximum Gasteiger partial charge on any atom is 0.231 e. The largest absolute Gasteiger partial charge is 0.454 e. The molecule has 5 nitrogen and oxygen atoms in total. The summed E-state index contributed by atoms with van der Waals surface area (Å²) in [5.41, 5.74) is 2.44. The van der Waals surface area contributed by atoms with Crippen molar-refractivity contribution >= 4 is 15.2 Å². The SMILES string of the molecule is CCCCOCCOCCOCc1cc2c(cc1CCC)OCO2.CCC[CH2][Al][CH2]CCC. The zero-order valence-corrected chi connectivity index (χ0v) is 22.9. The molecule has 0 spiro atoms. The lowest BCUT2D eigenvalue weighted by Gasteiger charge is -2.11. The molecule has 1 heterocycles. The molecule has 0 saturated heterocycles. The molecule has 1 aromatic rings. The molecule has 0 unspecified atom stereocenters. The van der Waals surface area contributed by atoms with Gasteiger partial charge >= 0.3 is 0 Å². The van der Waals surface area contributed by atoms with E-state index in [0.717, 1.165) is 59.0 Å². The highest BCUT2D eigenvalue weighted by atomic mass is 27.1. The molecule has 1 aliphatic rings. The Morgan fingerprint density at radius 3 is 1.79 bits per heavy atom. The highest BCUT2D eigenvalue weighted by Gasteiger charge is 2.16. The summed E-state index contributed by atoms with van der Waals surface area (Å²) in [5, 5.41) is 3.08. The molecule has 1 aliphatic heterocycles. The zero-order valence-electron chi connectivity index (χ0n) is 21.8. The van der Waals surface area contributed by atoms with Gasteiger partial charge in [0.1, 0.15) is 0 Å². The van der Waals surface area contributed by atoms with Crippen LogP contribution in [0.2, 0.25) is 10.6 Å². The highest BCUT2D eigenvalue weighted by Crippen LogP contribution is 2.35. The van der Waals surface area contributed by atoms with E-state index < -0.39 is 0 Å². The predicted molar refractivity (Wildman–Crippen MR) is 138 cm³/mol. The lowest BCUT2D eigenvalue weighted by atomic mass is 10.0. The lowest BCUT2D eigenvalue weighted by molar-refractivity contribution is 0.0101. The molecule has 0 aromatic heterocycles. The molecule has 0 amide bonds. The van der Waals surface area contributed by atoms with E-state index in [9.17, 15) is 0 Å². The normalized spacial score (nSPS) is 11.9. The van der Waals surface area contributed by atoms with Crippen LogP contribution < -0.4 is 9.47 Å². The quantitative estimate of drug-likeness (QED) is 0.160. The number of rotatable bonds is 19. The summed E-state index contributed by atoms with van der Waals surface area (Å²) in [6.45, 7) is 13.0. The van der Waals surface area contributed by atoms with Crippen LogP contribution >= 0.6 is 0 Å². The summed E-state index contributed by atoms with van der Waals surface area (Å²) in [5.74, 6) is 1.66. The van der Waals surface area contributed by atoms with Gasteiger partial charge in [0.15, 0.2) is 26.7 Å². The summed E-state index contributed by atoms with van der Waals surface area (Å²) >= 11 is 0.818. The van der Waals surface area contributed by atoms with Gasteiger partial charge in [0, 0.05) is 6.61 Å². The van der Waals surface area contributed by atoms with E-state index in [2.05, 4.69) is 33.8 Å². The van der Waals surface area contributed by atoms with Crippen LogP contribution in [0, 0.1) is 0 Å². The molecule has 2 rings (SSSR count). The van der Waals surface area contributed by atoms with Gasteiger partial charge in [-0.1, -0.05) is 66.2 Å². The molecule has 33 heavy (non-hydrogen) atoms. The first-order valence-corrected chi connectivity index (χ1v) is 14.9. The summed E-state index contributed by atoms with van der Waals surface area (Å²) in [7, 11) is 0. The molecule has 0 N–H and O–H groups in total. The number of hydrogen-bond donors (Lipinski definition) is 0. The van der Waals surface area contributed by atoms with E-state index >= 15 is 0 Å². The van der Waals surface area contributed by atoms with Crippen LogP contribution in [-0.4, -0.2) is 55.0 Å². The first kappa shape index (κ1) is 30.3. The number of benzene rings is 1. The van der Waals surface area contributed by atoms with Crippen LogP contribution in [0.25, 0.3) is 0 Å². The fourth-order valence-electron chi connectivity index (χ4n) is 3.37. The fraction of sp³-hybridized carbons (Fsp3) is 0.778. The minimum Gasteiger partial charge on any atom is -0.454 e. The number of fused-ring (bicyclic) bond motifs is 1. The Morgan fingerprint density at radius 2 is 1.21 bits per heavy atom. The first-order valence-electron chi connectivity index (χ1n) is 13.2. The van der Waals surface area contributed by atoms with Crippen molar-refractivity contribution in [2.45, 2.75) is 96.2 Å². The Balaban J connectivity index is 0.000000513. The average molecular weight is 480 g/mol. The molecule has 0 saturated carbocycles. The number of unbranched alkanes of at least 4 members (excludes halogenated alkanes) is 3. The first-order chi connectivity index (χ1) is 16.3. The lowest BCUT2D eigenvalue weighted by Crippen LogP contribution is -2.10. The monoisotopic (exact) mass is 479 g/mol. The van der Waals surface area contributed by atoms with Crippen LogP contribution in [0.4, 0.5) is 0 Å². The average Bonchev–Trinajstić information content (AvgIpc) is 3.28. The molecule has 1 radical (unpaired) electrons. The highest BCUT2D eigenvalue weighted by molar-refractivity contribution is 6.35. The third kappa shape index (κ3) is 15.0. The second-order valence-corrected chi connectivity index (χ2v) is 10.2. The van der Waals surface area contributed by atoms with Crippen molar-refractivity contribution in [3.8, 4) is 11.5 Å². The maximum atomic E-state index is 5.75. The summed E-state index contributed by atoms with van der Waals surface area (Å²) in [6.07, 6.45) is 10.1. The third-order valence-corrected chi connectivity index (χ3v) is 7.01. The zero-order chi connectivity index (χ0) is 24.0. The molecular weight excluding hydrogens is 431 g/mol. The topological polar surface area (TPSA) is 46.2 Å². The molecule has 1 aromatic carbocycles. The van der Waals surface area contributed by atoms with E-state index in [0.29, 0.717) is 39.8 Å². The Labute approximate surface area is 209 Å². The maximum absolute atomic E-state index is 5.75. The van der Waals surface area contributed by atoms with Crippen molar-refractivity contribution in [1.82, 2.24) is 0 Å². The van der Waals surface area contributed by atoms with Crippen molar-refractivity contribution in [2.24, 2.45) is 0 Å². The van der Waals surface area contributed by atoms with E-state index in [1.807, 2.05) is 6.07 Å². The van der Waals surface area contributed by atoms with Gasteiger partial charge in [-0.05, 0) is 36.1 Å². The van der Waals surface area contributed by atoms with E-state index in [1.165, 1.54) is 47.4 Å². The summed E-state index contributed by atoms with van der Waals surface area (Å²) in [6, 6.07) is 4.12. The smallest absolute Gasteiger partial charge is 0.231 e. The van der Waals surface area contributed by atoms with Crippen LogP contribution in [0.3, 0.4) is 0 Å². The van der Waals surface area contributed by atoms with E-state index in [4.69, 9.17) is 23.7 Å². The second-order valence-electron chi connectivity index (χ2n) is 8.43. The second kappa shape index (κ2) is 21.7. The van der Waals surface area contributed by atoms with E-state index in [-0.39, 0.29) is 0 Å². The number of ether oxygens (including phenoxy) is 5. The van der Waals surface area contributed by atoms with Gasteiger partial charge in [0.2, 0.25) is 6.79 Å². The van der Waals surface area contributed by atoms with Gasteiger partial charge in [-0.15, -0.1) is 10.6 Å². The molecule has 189 valence electrons. The van der Waals surface area contributed by atoms with Crippen molar-refractivity contribution in [3.63, 3.8) is 0 Å². The van der Waals surface area contributed by atoms with Crippen LogP contribution in [-0.2, 0) is 27.2 Å². The molecule has 0 aliphatic carbocycles. The summed E-state index contributed by atoms with van der Waals surface area (Å²) < 4.78 is 27.6. The Kier molecular flexibility index (Phi) is 19.9. The van der Waals surface area contributed by atoms with Gasteiger partial charge < -0.3 is 23.7 Å². The van der Waals surface area contributed by atoms with Crippen molar-refractivity contribution in [2.75, 3.05) is 39.8 Å². The molecule has 0 fully saturated rings. The minimum absolute atomic E-state index is 0.305. The third-order valence-electron chi connectivity index (χ3n) is 5.38. The van der Waals surface area contributed by atoms with Crippen molar-refractivity contribution in [3.05, 3.63) is 23.3 Å². The minimum atomic E-state index is 0.305. The number of aryl methyl sites for hydroxylation is 1. The molecule has 6 heteroatoms. The van der Waals surface area contributed by atoms with Crippen LogP contribution in [0.5, 0.6) is 11.5 Å². The van der Waals surface area contributed by atoms with Crippen molar-refractivity contribution < 1.29 is 23.7 Å². The predicted octanol–water partition coefficient (Wildman–Crippen LogP) is 6.85.